The average Bonchev–Trinajstić information content (AvgIpc) is 3.16. The first kappa shape index (κ1) is 22.6. The number of unbranched alkanes of at least 4 members (excludes halogenated alkanes) is 1. The van der Waals surface area contributed by atoms with Gasteiger partial charge in [0, 0.05) is 5.69 Å². The molecule has 1 aliphatic rings. The van der Waals surface area contributed by atoms with Crippen LogP contribution in [-0.4, -0.2) is 25.4 Å². The Morgan fingerprint density at radius 3 is 2.06 bits per heavy atom. The van der Waals surface area contributed by atoms with Gasteiger partial charge >= 0.3 is 6.09 Å². The molecule has 0 N–H and O–H groups in total. The molecule has 33 heavy (non-hydrogen) atoms. The van der Waals surface area contributed by atoms with Crippen LogP contribution in [0, 0.1) is 11.6 Å². The molecule has 1 unspecified atom stereocenters. The highest BCUT2D eigenvalue weighted by atomic mass is 19.1. The molecule has 1 saturated heterocycles. The lowest BCUT2D eigenvalue weighted by Crippen LogP contribution is -2.31. The third kappa shape index (κ3) is 5.42. The van der Waals surface area contributed by atoms with E-state index in [1.54, 1.807) is 0 Å². The Balaban J connectivity index is 1.59. The SMILES string of the molecule is CCCCOc1ccc(C2[C@@H](COc3ccc(F)cc3)OC(=O)N2c2ccc(F)cc2)cc1. The molecular weight excluding hydrogens is 428 g/mol. The van der Waals surface area contributed by atoms with Crippen LogP contribution in [0.5, 0.6) is 11.5 Å². The third-order valence-corrected chi connectivity index (χ3v) is 5.40. The van der Waals surface area contributed by atoms with Gasteiger partial charge in [-0.2, -0.15) is 0 Å². The quantitative estimate of drug-likeness (QED) is 0.357. The predicted octanol–water partition coefficient (Wildman–Crippen LogP) is 6.29. The van der Waals surface area contributed by atoms with Crippen LogP contribution in [0.2, 0.25) is 0 Å². The van der Waals surface area contributed by atoms with Crippen molar-refractivity contribution in [2.75, 3.05) is 18.1 Å². The number of cyclic esters (lactones) is 1. The second-order valence-corrected chi connectivity index (χ2v) is 7.75. The molecule has 1 heterocycles. The van der Waals surface area contributed by atoms with Crippen molar-refractivity contribution in [2.45, 2.75) is 31.9 Å². The molecule has 2 atom stereocenters. The molecule has 3 aromatic rings. The number of anilines is 1. The Labute approximate surface area is 191 Å². The van der Waals surface area contributed by atoms with E-state index in [-0.39, 0.29) is 12.4 Å². The summed E-state index contributed by atoms with van der Waals surface area (Å²) in [6, 6.07) is 18.3. The van der Waals surface area contributed by atoms with Gasteiger partial charge in [-0.3, -0.25) is 4.90 Å². The molecule has 4 rings (SSSR count). The molecular formula is C26H25F2NO4. The van der Waals surface area contributed by atoms with E-state index >= 15 is 0 Å². The predicted molar refractivity (Wildman–Crippen MR) is 121 cm³/mol. The molecule has 0 radical (unpaired) electrons. The first-order chi connectivity index (χ1) is 16.0. The van der Waals surface area contributed by atoms with Gasteiger partial charge in [-0.15, -0.1) is 0 Å². The van der Waals surface area contributed by atoms with Gasteiger partial charge in [0.15, 0.2) is 6.10 Å². The fourth-order valence-corrected chi connectivity index (χ4v) is 3.69. The minimum Gasteiger partial charge on any atom is -0.494 e. The molecule has 1 aliphatic heterocycles. The summed E-state index contributed by atoms with van der Waals surface area (Å²) in [4.78, 5) is 14.3. The molecule has 0 bridgehead atoms. The number of rotatable bonds is 9. The number of benzene rings is 3. The first-order valence-corrected chi connectivity index (χ1v) is 10.9. The highest BCUT2D eigenvalue weighted by Gasteiger charge is 2.44. The second-order valence-electron chi connectivity index (χ2n) is 7.75. The number of ether oxygens (including phenoxy) is 3. The first-order valence-electron chi connectivity index (χ1n) is 10.9. The smallest absolute Gasteiger partial charge is 0.415 e. The van der Waals surface area contributed by atoms with Crippen molar-refractivity contribution < 1.29 is 27.8 Å². The van der Waals surface area contributed by atoms with E-state index in [1.165, 1.54) is 53.4 Å². The van der Waals surface area contributed by atoms with E-state index in [9.17, 15) is 13.6 Å². The van der Waals surface area contributed by atoms with E-state index in [1.807, 2.05) is 24.3 Å². The number of amides is 1. The number of nitrogens with zero attached hydrogens (tertiary/aromatic N) is 1. The molecule has 1 fully saturated rings. The van der Waals surface area contributed by atoms with Gasteiger partial charge in [0.25, 0.3) is 0 Å². The second kappa shape index (κ2) is 10.3. The third-order valence-electron chi connectivity index (χ3n) is 5.40. The van der Waals surface area contributed by atoms with Gasteiger partial charge < -0.3 is 14.2 Å². The molecule has 0 spiro atoms. The van der Waals surface area contributed by atoms with Crippen molar-refractivity contribution >= 4 is 11.8 Å². The molecule has 7 heteroatoms. The molecule has 1 amide bonds. The average molecular weight is 453 g/mol. The van der Waals surface area contributed by atoms with Crippen LogP contribution in [0.25, 0.3) is 0 Å². The van der Waals surface area contributed by atoms with Gasteiger partial charge in [0.1, 0.15) is 35.8 Å². The molecule has 3 aromatic carbocycles. The number of carbonyl (C=O) groups excluding carboxylic acids is 1. The topological polar surface area (TPSA) is 48.0 Å². The maximum Gasteiger partial charge on any atom is 0.415 e. The summed E-state index contributed by atoms with van der Waals surface area (Å²) < 4.78 is 43.8. The minimum atomic E-state index is -0.639. The van der Waals surface area contributed by atoms with Crippen LogP contribution >= 0.6 is 0 Å². The Morgan fingerprint density at radius 1 is 0.848 bits per heavy atom. The monoisotopic (exact) mass is 453 g/mol. The highest BCUT2D eigenvalue weighted by molar-refractivity contribution is 5.91. The van der Waals surface area contributed by atoms with E-state index in [0.29, 0.717) is 18.0 Å². The Morgan fingerprint density at radius 2 is 1.42 bits per heavy atom. The highest BCUT2D eigenvalue weighted by Crippen LogP contribution is 2.38. The van der Waals surface area contributed by atoms with E-state index < -0.39 is 24.1 Å². The molecule has 172 valence electrons. The fourth-order valence-electron chi connectivity index (χ4n) is 3.69. The Bertz CT molecular complexity index is 1060. The Hall–Kier alpha value is -3.61. The summed E-state index contributed by atoms with van der Waals surface area (Å²) in [5, 5.41) is 0. The summed E-state index contributed by atoms with van der Waals surface area (Å²) in [7, 11) is 0. The van der Waals surface area contributed by atoms with Crippen LogP contribution in [0.3, 0.4) is 0 Å². The minimum absolute atomic E-state index is 0.0640. The summed E-state index contributed by atoms with van der Waals surface area (Å²) in [5.41, 5.74) is 1.33. The van der Waals surface area contributed by atoms with Gasteiger partial charge in [-0.25, -0.2) is 13.6 Å². The summed E-state index contributed by atoms with van der Waals surface area (Å²) in [6.07, 6.45) is 0.817. The maximum absolute atomic E-state index is 13.5. The number of hydrogen-bond donors (Lipinski definition) is 0. The van der Waals surface area contributed by atoms with E-state index in [2.05, 4.69) is 6.92 Å². The largest absolute Gasteiger partial charge is 0.494 e. The van der Waals surface area contributed by atoms with Crippen LogP contribution < -0.4 is 14.4 Å². The summed E-state index contributed by atoms with van der Waals surface area (Å²) in [5.74, 6) is 0.444. The zero-order chi connectivity index (χ0) is 23.2. The van der Waals surface area contributed by atoms with Crippen LogP contribution in [0.4, 0.5) is 19.3 Å². The summed E-state index contributed by atoms with van der Waals surface area (Å²) in [6.45, 7) is 2.80. The standard InChI is InChI=1S/C26H25F2NO4/c1-2-3-16-31-22-12-4-18(5-13-22)25-24(17-32-23-14-8-20(28)9-15-23)33-26(30)29(25)21-10-6-19(27)7-11-21/h4-15,24-25H,2-3,16-17H2,1H3/t24-,25?/m1/s1. The Kier molecular flexibility index (Phi) is 7.07. The van der Waals surface area contributed by atoms with Gasteiger partial charge in [-0.1, -0.05) is 25.5 Å². The normalized spacial score (nSPS) is 17.7. The van der Waals surface area contributed by atoms with Gasteiger partial charge in [0.2, 0.25) is 0 Å². The van der Waals surface area contributed by atoms with Crippen molar-refractivity contribution in [1.29, 1.82) is 0 Å². The van der Waals surface area contributed by atoms with Crippen molar-refractivity contribution in [1.82, 2.24) is 0 Å². The van der Waals surface area contributed by atoms with Crippen molar-refractivity contribution in [3.63, 3.8) is 0 Å². The zero-order valence-corrected chi connectivity index (χ0v) is 18.2. The maximum atomic E-state index is 13.5. The molecule has 5 nitrogen and oxygen atoms in total. The van der Waals surface area contributed by atoms with E-state index in [0.717, 1.165) is 24.2 Å². The van der Waals surface area contributed by atoms with Crippen molar-refractivity contribution in [2.24, 2.45) is 0 Å². The molecule has 0 saturated carbocycles. The van der Waals surface area contributed by atoms with Gasteiger partial charge in [0.05, 0.1) is 6.61 Å². The molecule has 0 aliphatic carbocycles. The lowest BCUT2D eigenvalue weighted by atomic mass is 10.00. The number of carbonyl (C=O) groups is 1. The lowest BCUT2D eigenvalue weighted by Gasteiger charge is -2.25. The lowest BCUT2D eigenvalue weighted by molar-refractivity contribution is 0.0919. The zero-order valence-electron chi connectivity index (χ0n) is 18.2. The van der Waals surface area contributed by atoms with Crippen molar-refractivity contribution in [3.05, 3.63) is 90.0 Å². The van der Waals surface area contributed by atoms with Crippen LogP contribution in [-0.2, 0) is 4.74 Å². The molecule has 0 aromatic heterocycles. The van der Waals surface area contributed by atoms with Crippen molar-refractivity contribution in [3.8, 4) is 11.5 Å². The van der Waals surface area contributed by atoms with Crippen LogP contribution in [0.15, 0.2) is 72.8 Å². The van der Waals surface area contributed by atoms with Gasteiger partial charge in [-0.05, 0) is 72.6 Å². The van der Waals surface area contributed by atoms with E-state index in [4.69, 9.17) is 14.2 Å². The summed E-state index contributed by atoms with van der Waals surface area (Å²) >= 11 is 0. The fraction of sp³-hybridized carbons (Fsp3) is 0.269. The number of halogens is 2. The number of hydrogen-bond acceptors (Lipinski definition) is 4. The van der Waals surface area contributed by atoms with Crippen LogP contribution in [0.1, 0.15) is 31.4 Å².